The molecule has 1 aromatic rings. The number of halogens is 2. The van der Waals surface area contributed by atoms with Crippen molar-refractivity contribution >= 4 is 0 Å². The van der Waals surface area contributed by atoms with Crippen molar-refractivity contribution in [3.8, 4) is 0 Å². The molecule has 0 aliphatic rings. The van der Waals surface area contributed by atoms with Crippen LogP contribution < -0.4 is 5.32 Å². The van der Waals surface area contributed by atoms with Gasteiger partial charge >= 0.3 is 0 Å². The van der Waals surface area contributed by atoms with E-state index in [1.807, 2.05) is 6.92 Å². The van der Waals surface area contributed by atoms with Crippen LogP contribution in [0.4, 0.5) is 8.78 Å². The first-order valence-electron chi connectivity index (χ1n) is 6.06. The highest BCUT2D eigenvalue weighted by atomic mass is 19.1. The maximum absolute atomic E-state index is 13.3. The Kier molecular flexibility index (Phi) is 6.62. The molecule has 106 valence electrons. The van der Waals surface area contributed by atoms with E-state index in [4.69, 9.17) is 4.74 Å². The number of hydrogen-bond acceptors (Lipinski definition) is 3. The summed E-state index contributed by atoms with van der Waals surface area (Å²) in [5, 5.41) is 12.7. The van der Waals surface area contributed by atoms with Crippen LogP contribution >= 0.6 is 0 Å². The van der Waals surface area contributed by atoms with E-state index in [2.05, 4.69) is 11.9 Å². The quantitative estimate of drug-likeness (QED) is 0.562. The van der Waals surface area contributed by atoms with Crippen LogP contribution in [0.3, 0.4) is 0 Å². The fourth-order valence-electron chi connectivity index (χ4n) is 1.51. The summed E-state index contributed by atoms with van der Waals surface area (Å²) in [6, 6.07) is 3.02. The summed E-state index contributed by atoms with van der Waals surface area (Å²) >= 11 is 0. The molecule has 5 heteroatoms. The minimum atomic E-state index is -1.09. The lowest BCUT2D eigenvalue weighted by Crippen LogP contribution is -2.26. The molecule has 0 aliphatic carbocycles. The van der Waals surface area contributed by atoms with Crippen LogP contribution in [0.2, 0.25) is 0 Å². The highest BCUT2D eigenvalue weighted by Crippen LogP contribution is 2.17. The van der Waals surface area contributed by atoms with Gasteiger partial charge in [-0.05, 0) is 25.1 Å². The summed E-state index contributed by atoms with van der Waals surface area (Å²) in [6.45, 7) is 7.16. The molecular weight excluding hydrogens is 252 g/mol. The molecule has 0 radical (unpaired) electrons. The lowest BCUT2D eigenvalue weighted by molar-refractivity contribution is 0.142. The predicted molar refractivity (Wildman–Crippen MR) is 69.8 cm³/mol. The molecule has 1 atom stereocenters. The number of aliphatic hydroxyl groups is 1. The van der Waals surface area contributed by atoms with Crippen LogP contribution in [-0.2, 0) is 4.74 Å². The Bertz CT molecular complexity index is 424. The second-order valence-corrected chi connectivity index (χ2v) is 4.40. The summed E-state index contributed by atoms with van der Waals surface area (Å²) in [7, 11) is 0. The van der Waals surface area contributed by atoms with Crippen LogP contribution in [0.1, 0.15) is 18.6 Å². The summed E-state index contributed by atoms with van der Waals surface area (Å²) in [5.74, 6) is -1.19. The second kappa shape index (κ2) is 7.99. The first-order valence-corrected chi connectivity index (χ1v) is 6.06. The normalized spacial score (nSPS) is 12.4. The average Bonchev–Trinajstić information content (AvgIpc) is 2.36. The van der Waals surface area contributed by atoms with Crippen molar-refractivity contribution in [3.63, 3.8) is 0 Å². The van der Waals surface area contributed by atoms with E-state index in [1.165, 1.54) is 0 Å². The smallest absolute Gasteiger partial charge is 0.129 e. The van der Waals surface area contributed by atoms with Gasteiger partial charge in [-0.3, -0.25) is 0 Å². The Morgan fingerprint density at radius 1 is 1.47 bits per heavy atom. The Morgan fingerprint density at radius 3 is 2.89 bits per heavy atom. The highest BCUT2D eigenvalue weighted by molar-refractivity contribution is 5.21. The topological polar surface area (TPSA) is 41.5 Å². The molecule has 19 heavy (non-hydrogen) atoms. The van der Waals surface area contributed by atoms with E-state index in [1.54, 1.807) is 0 Å². The van der Waals surface area contributed by atoms with Crippen molar-refractivity contribution in [1.82, 2.24) is 5.32 Å². The van der Waals surface area contributed by atoms with Gasteiger partial charge in [-0.2, -0.15) is 0 Å². The number of benzene rings is 1. The maximum atomic E-state index is 13.3. The molecule has 0 heterocycles. The molecule has 0 aromatic heterocycles. The number of nitrogens with one attached hydrogen (secondary N) is 1. The van der Waals surface area contributed by atoms with Gasteiger partial charge < -0.3 is 15.2 Å². The van der Waals surface area contributed by atoms with Crippen LogP contribution in [0.25, 0.3) is 0 Å². The van der Waals surface area contributed by atoms with Crippen molar-refractivity contribution in [1.29, 1.82) is 0 Å². The Labute approximate surface area is 111 Å². The van der Waals surface area contributed by atoms with E-state index >= 15 is 0 Å². The second-order valence-electron chi connectivity index (χ2n) is 4.40. The van der Waals surface area contributed by atoms with E-state index in [0.717, 1.165) is 23.8 Å². The monoisotopic (exact) mass is 271 g/mol. The Hall–Kier alpha value is -1.30. The molecule has 0 amide bonds. The summed E-state index contributed by atoms with van der Waals surface area (Å²) in [5.41, 5.74) is 0.886. The number of aliphatic hydroxyl groups excluding tert-OH is 1. The third-order valence-electron chi connectivity index (χ3n) is 2.43. The van der Waals surface area contributed by atoms with E-state index in [-0.39, 0.29) is 12.1 Å². The van der Waals surface area contributed by atoms with Gasteiger partial charge in [0.1, 0.15) is 11.6 Å². The van der Waals surface area contributed by atoms with Crippen molar-refractivity contribution in [2.24, 2.45) is 0 Å². The first-order chi connectivity index (χ1) is 9.00. The third kappa shape index (κ3) is 5.92. The SMILES string of the molecule is C=C(C)COCCNCC(O)c1cc(F)ccc1F. The molecule has 1 aromatic carbocycles. The maximum Gasteiger partial charge on any atom is 0.129 e. The molecule has 0 spiro atoms. The molecule has 0 saturated heterocycles. The van der Waals surface area contributed by atoms with E-state index in [9.17, 15) is 13.9 Å². The zero-order valence-corrected chi connectivity index (χ0v) is 11.0. The van der Waals surface area contributed by atoms with Gasteiger partial charge in [0.15, 0.2) is 0 Å². The lowest BCUT2D eigenvalue weighted by atomic mass is 10.1. The van der Waals surface area contributed by atoms with Crippen LogP contribution in [-0.4, -0.2) is 31.4 Å². The van der Waals surface area contributed by atoms with E-state index in [0.29, 0.717) is 19.8 Å². The summed E-state index contributed by atoms with van der Waals surface area (Å²) in [4.78, 5) is 0. The van der Waals surface area contributed by atoms with Gasteiger partial charge in [0.05, 0.1) is 19.3 Å². The summed E-state index contributed by atoms with van der Waals surface area (Å²) < 4.78 is 31.5. The summed E-state index contributed by atoms with van der Waals surface area (Å²) in [6.07, 6.45) is -1.09. The van der Waals surface area contributed by atoms with E-state index < -0.39 is 17.7 Å². The van der Waals surface area contributed by atoms with Crippen molar-refractivity contribution in [2.45, 2.75) is 13.0 Å². The van der Waals surface area contributed by atoms with Gasteiger partial charge in [0, 0.05) is 18.7 Å². The van der Waals surface area contributed by atoms with Crippen molar-refractivity contribution < 1.29 is 18.6 Å². The number of hydrogen-bond donors (Lipinski definition) is 2. The molecule has 2 N–H and O–H groups in total. The predicted octanol–water partition coefficient (Wildman–Crippen LogP) is 2.18. The molecule has 3 nitrogen and oxygen atoms in total. The van der Waals surface area contributed by atoms with Gasteiger partial charge in [-0.25, -0.2) is 8.78 Å². The molecule has 1 rings (SSSR count). The zero-order valence-electron chi connectivity index (χ0n) is 11.0. The van der Waals surface area contributed by atoms with Gasteiger partial charge in [0.25, 0.3) is 0 Å². The van der Waals surface area contributed by atoms with Gasteiger partial charge in [-0.1, -0.05) is 12.2 Å². The van der Waals surface area contributed by atoms with Crippen LogP contribution in [0.5, 0.6) is 0 Å². The lowest BCUT2D eigenvalue weighted by Gasteiger charge is -2.13. The van der Waals surface area contributed by atoms with Gasteiger partial charge in [-0.15, -0.1) is 0 Å². The zero-order chi connectivity index (χ0) is 14.3. The third-order valence-corrected chi connectivity index (χ3v) is 2.43. The molecule has 0 fully saturated rings. The standard InChI is InChI=1S/C14H19F2NO2/c1-10(2)9-19-6-5-17-8-14(18)12-7-11(15)3-4-13(12)16/h3-4,7,14,17-18H,1,5-6,8-9H2,2H3. The Balaban J connectivity index is 2.29. The molecule has 0 bridgehead atoms. The van der Waals surface area contributed by atoms with Crippen LogP contribution in [0, 0.1) is 11.6 Å². The first kappa shape index (κ1) is 15.8. The van der Waals surface area contributed by atoms with Gasteiger partial charge in [0.2, 0.25) is 0 Å². The Morgan fingerprint density at radius 2 is 2.21 bits per heavy atom. The largest absolute Gasteiger partial charge is 0.387 e. The molecule has 0 aliphatic heterocycles. The highest BCUT2D eigenvalue weighted by Gasteiger charge is 2.13. The van der Waals surface area contributed by atoms with Crippen LogP contribution in [0.15, 0.2) is 30.4 Å². The average molecular weight is 271 g/mol. The number of rotatable bonds is 8. The minimum Gasteiger partial charge on any atom is -0.387 e. The molecular formula is C14H19F2NO2. The van der Waals surface area contributed by atoms with Crippen molar-refractivity contribution in [3.05, 3.63) is 47.5 Å². The molecule has 1 unspecified atom stereocenters. The minimum absolute atomic E-state index is 0.0460. The number of ether oxygens (including phenoxy) is 1. The van der Waals surface area contributed by atoms with Crippen molar-refractivity contribution in [2.75, 3.05) is 26.3 Å². The fourth-order valence-corrected chi connectivity index (χ4v) is 1.51. The fraction of sp³-hybridized carbons (Fsp3) is 0.429. The molecule has 0 saturated carbocycles.